The molecule has 1 heterocycles. The summed E-state index contributed by atoms with van der Waals surface area (Å²) in [6.07, 6.45) is 3.34. The number of nitrogens with zero attached hydrogens (tertiary/aromatic N) is 1. The Kier molecular flexibility index (Phi) is 5.63. The maximum Gasteiger partial charge on any atom is 0.320 e. The molecule has 1 aromatic rings. The van der Waals surface area contributed by atoms with Crippen LogP contribution in [0.15, 0.2) is 12.5 Å². The fraction of sp³-hybridized carbons (Fsp3) is 0.333. The molecule has 0 bridgehead atoms. The van der Waals surface area contributed by atoms with Gasteiger partial charge in [-0.25, -0.2) is 4.98 Å². The topological polar surface area (TPSA) is 92.0 Å². The summed E-state index contributed by atoms with van der Waals surface area (Å²) in [7, 11) is 0. The summed E-state index contributed by atoms with van der Waals surface area (Å²) in [5.41, 5.74) is 6.00. The largest absolute Gasteiger partial charge is 0.480 e. The van der Waals surface area contributed by atoms with E-state index in [1.807, 2.05) is 0 Å². The Bertz CT molecular complexity index is 237. The molecule has 0 spiro atoms. The average molecular weight is 295 g/mol. The molecular weight excluding hydrogens is 286 g/mol. The van der Waals surface area contributed by atoms with Crippen molar-refractivity contribution in [3.8, 4) is 0 Å². The van der Waals surface area contributed by atoms with Crippen LogP contribution in [0.2, 0.25) is 0 Å². The van der Waals surface area contributed by atoms with Gasteiger partial charge in [0.25, 0.3) is 0 Å². The number of hydrogen-bond acceptors (Lipinski definition) is 3. The molecular formula is C6H9CeN3O2. The number of carboxylic acids is 1. The summed E-state index contributed by atoms with van der Waals surface area (Å²) in [6, 6.07) is -0.851. The van der Waals surface area contributed by atoms with E-state index in [9.17, 15) is 4.79 Å². The number of aromatic amines is 1. The van der Waals surface area contributed by atoms with Crippen LogP contribution in [0.1, 0.15) is 5.69 Å². The predicted molar refractivity (Wildman–Crippen MR) is 37.9 cm³/mol. The molecule has 0 saturated heterocycles. The second kappa shape index (κ2) is 5.63. The molecule has 0 aliphatic carbocycles. The molecule has 0 unspecified atom stereocenters. The molecule has 5 nitrogen and oxygen atoms in total. The van der Waals surface area contributed by atoms with E-state index in [2.05, 4.69) is 9.97 Å². The molecule has 64 valence electrons. The Labute approximate surface area is 103 Å². The van der Waals surface area contributed by atoms with E-state index in [-0.39, 0.29) is 48.2 Å². The summed E-state index contributed by atoms with van der Waals surface area (Å²) in [5, 5.41) is 8.42. The van der Waals surface area contributed by atoms with Gasteiger partial charge < -0.3 is 15.8 Å². The molecule has 4 N–H and O–H groups in total. The molecule has 0 aromatic carbocycles. The van der Waals surface area contributed by atoms with Gasteiger partial charge in [-0.1, -0.05) is 0 Å². The molecule has 0 radical (unpaired) electrons. The third-order valence-electron chi connectivity index (χ3n) is 1.31. The molecule has 6 heteroatoms. The fourth-order valence-corrected chi connectivity index (χ4v) is 0.721. The molecule has 12 heavy (non-hydrogen) atoms. The van der Waals surface area contributed by atoms with Crippen molar-refractivity contribution in [2.24, 2.45) is 5.73 Å². The number of carboxylic acid groups (broad SMARTS) is 1. The fourth-order valence-electron chi connectivity index (χ4n) is 0.721. The molecule has 1 aromatic heterocycles. The Morgan fingerprint density at radius 1 is 1.83 bits per heavy atom. The maximum absolute atomic E-state index is 10.3. The van der Waals surface area contributed by atoms with Crippen molar-refractivity contribution in [2.45, 2.75) is 12.5 Å². The molecule has 1 atom stereocenters. The van der Waals surface area contributed by atoms with Crippen LogP contribution in [0.5, 0.6) is 0 Å². The maximum atomic E-state index is 10.3. The van der Waals surface area contributed by atoms with Crippen LogP contribution in [0.3, 0.4) is 0 Å². The van der Waals surface area contributed by atoms with Crippen molar-refractivity contribution < 1.29 is 51.6 Å². The first-order valence-corrected chi connectivity index (χ1v) is 3.16. The van der Waals surface area contributed by atoms with Crippen LogP contribution < -0.4 is 5.73 Å². The van der Waals surface area contributed by atoms with E-state index < -0.39 is 12.0 Å². The molecule has 0 aliphatic rings. The summed E-state index contributed by atoms with van der Waals surface area (Å²) >= 11 is 0. The Morgan fingerprint density at radius 3 is 2.92 bits per heavy atom. The Morgan fingerprint density at radius 2 is 2.50 bits per heavy atom. The van der Waals surface area contributed by atoms with Gasteiger partial charge in [-0.05, 0) is 0 Å². The summed E-state index contributed by atoms with van der Waals surface area (Å²) < 4.78 is 0. The number of nitrogens with two attached hydrogens (primary N) is 1. The van der Waals surface area contributed by atoms with E-state index in [4.69, 9.17) is 10.8 Å². The molecule has 1 rings (SSSR count). The second-order valence-corrected chi connectivity index (χ2v) is 2.23. The van der Waals surface area contributed by atoms with Gasteiger partial charge >= 0.3 is 5.97 Å². The molecule has 0 amide bonds. The summed E-state index contributed by atoms with van der Waals surface area (Å²) in [4.78, 5) is 16.8. The van der Waals surface area contributed by atoms with Gasteiger partial charge in [-0.15, -0.1) is 0 Å². The van der Waals surface area contributed by atoms with Crippen molar-refractivity contribution in [2.75, 3.05) is 0 Å². The summed E-state index contributed by atoms with van der Waals surface area (Å²) in [6.45, 7) is 0. The number of rotatable bonds is 3. The number of aromatic nitrogens is 2. The number of imidazole rings is 1. The van der Waals surface area contributed by atoms with Crippen LogP contribution in [-0.2, 0) is 11.2 Å². The number of carbonyl (C=O) groups is 1. The van der Waals surface area contributed by atoms with E-state index in [0.29, 0.717) is 0 Å². The van der Waals surface area contributed by atoms with Crippen molar-refractivity contribution in [3.05, 3.63) is 18.2 Å². The minimum Gasteiger partial charge on any atom is -0.480 e. The first-order valence-electron chi connectivity index (χ1n) is 3.16. The van der Waals surface area contributed by atoms with Crippen LogP contribution in [-0.4, -0.2) is 27.1 Å². The standard InChI is InChI=1S/C6H9N3O2.Ce/c7-5(6(10)11)1-4-2-8-3-9-4;/h2-3,5H,1,7H2,(H,8,9)(H,10,11);/t5-;/m0./s1. The minimum atomic E-state index is -1.00. The smallest absolute Gasteiger partial charge is 0.320 e. The number of nitrogens with one attached hydrogen (secondary N) is 1. The third-order valence-corrected chi connectivity index (χ3v) is 1.31. The minimum absolute atomic E-state index is 0. The SMILES string of the molecule is N[C@@H](Cc1cnc[nH]1)C(=O)O.[Ce]. The number of aliphatic carboxylic acids is 1. The van der Waals surface area contributed by atoms with Gasteiger partial charge in [0.1, 0.15) is 6.04 Å². The molecule has 0 fully saturated rings. The van der Waals surface area contributed by atoms with Gasteiger partial charge in [-0.3, -0.25) is 4.79 Å². The van der Waals surface area contributed by atoms with Crippen molar-refractivity contribution >= 4 is 5.97 Å². The number of hydrogen-bond donors (Lipinski definition) is 3. The Hall–Kier alpha value is 0.0166. The zero-order valence-electron chi connectivity index (χ0n) is 6.32. The van der Waals surface area contributed by atoms with Crippen LogP contribution >= 0.6 is 0 Å². The zero-order valence-corrected chi connectivity index (χ0v) is 9.46. The normalized spacial score (nSPS) is 11.8. The Balaban J connectivity index is 0.00000121. The van der Waals surface area contributed by atoms with Crippen LogP contribution in [0.25, 0.3) is 0 Å². The van der Waals surface area contributed by atoms with Gasteiger partial charge in [0.05, 0.1) is 6.33 Å². The first kappa shape index (κ1) is 12.0. The van der Waals surface area contributed by atoms with Crippen LogP contribution in [0, 0.1) is 41.7 Å². The van der Waals surface area contributed by atoms with E-state index in [1.54, 1.807) is 6.20 Å². The zero-order chi connectivity index (χ0) is 8.27. The molecule has 0 aliphatic heterocycles. The van der Waals surface area contributed by atoms with E-state index in [1.165, 1.54) is 6.33 Å². The molecule has 0 saturated carbocycles. The predicted octanol–water partition coefficient (Wildman–Crippen LogP) is -0.636. The van der Waals surface area contributed by atoms with Gasteiger partial charge in [-0.2, -0.15) is 0 Å². The van der Waals surface area contributed by atoms with Gasteiger partial charge in [0.2, 0.25) is 0 Å². The van der Waals surface area contributed by atoms with Crippen molar-refractivity contribution in [1.82, 2.24) is 9.97 Å². The monoisotopic (exact) mass is 295 g/mol. The van der Waals surface area contributed by atoms with Crippen molar-refractivity contribution in [1.29, 1.82) is 0 Å². The van der Waals surface area contributed by atoms with E-state index >= 15 is 0 Å². The quantitative estimate of drug-likeness (QED) is 0.692. The second-order valence-electron chi connectivity index (χ2n) is 2.23. The van der Waals surface area contributed by atoms with Crippen molar-refractivity contribution in [3.63, 3.8) is 0 Å². The van der Waals surface area contributed by atoms with Crippen LogP contribution in [0.4, 0.5) is 0 Å². The van der Waals surface area contributed by atoms with Gasteiger partial charge in [0.15, 0.2) is 0 Å². The third kappa shape index (κ3) is 3.61. The first-order chi connectivity index (χ1) is 5.20. The average Bonchev–Trinajstić information content (AvgIpc) is 2.39. The van der Waals surface area contributed by atoms with Gasteiger partial charge in [0, 0.05) is 60.1 Å². The number of H-pyrrole nitrogens is 1. The summed E-state index contributed by atoms with van der Waals surface area (Å²) in [5.74, 6) is -1.00. The van der Waals surface area contributed by atoms with E-state index in [0.717, 1.165) is 5.69 Å².